The third kappa shape index (κ3) is 3.17. The SMILES string of the molecule is NC(=O)c1ccc(NC(=O)c2ncccc2Br)cc1. The van der Waals surface area contributed by atoms with Gasteiger partial charge >= 0.3 is 0 Å². The van der Waals surface area contributed by atoms with Crippen molar-refractivity contribution in [3.05, 3.63) is 58.3 Å². The van der Waals surface area contributed by atoms with E-state index in [-0.39, 0.29) is 5.91 Å². The van der Waals surface area contributed by atoms with Crippen molar-refractivity contribution in [3.63, 3.8) is 0 Å². The van der Waals surface area contributed by atoms with Gasteiger partial charge in [-0.3, -0.25) is 9.59 Å². The highest BCUT2D eigenvalue weighted by atomic mass is 79.9. The van der Waals surface area contributed by atoms with Crippen LogP contribution < -0.4 is 11.1 Å². The Morgan fingerprint density at radius 2 is 1.84 bits per heavy atom. The molecule has 19 heavy (non-hydrogen) atoms. The maximum atomic E-state index is 12.0. The number of aromatic nitrogens is 1. The molecule has 2 rings (SSSR count). The van der Waals surface area contributed by atoms with E-state index in [4.69, 9.17) is 5.73 Å². The van der Waals surface area contributed by atoms with Crippen molar-refractivity contribution in [1.82, 2.24) is 4.98 Å². The first-order chi connectivity index (χ1) is 9.08. The van der Waals surface area contributed by atoms with Crippen LogP contribution in [0.15, 0.2) is 47.1 Å². The normalized spacial score (nSPS) is 9.95. The fourth-order valence-corrected chi connectivity index (χ4v) is 1.90. The topological polar surface area (TPSA) is 85.1 Å². The van der Waals surface area contributed by atoms with Gasteiger partial charge in [0, 0.05) is 21.9 Å². The maximum Gasteiger partial charge on any atom is 0.275 e. The van der Waals surface area contributed by atoms with Crippen LogP contribution in [-0.4, -0.2) is 16.8 Å². The van der Waals surface area contributed by atoms with Crippen molar-refractivity contribution in [2.24, 2.45) is 5.73 Å². The highest BCUT2D eigenvalue weighted by Gasteiger charge is 2.11. The van der Waals surface area contributed by atoms with E-state index in [1.807, 2.05) is 0 Å². The molecule has 1 aromatic heterocycles. The third-order valence-electron chi connectivity index (χ3n) is 2.40. The number of hydrogen-bond donors (Lipinski definition) is 2. The summed E-state index contributed by atoms with van der Waals surface area (Å²) in [5, 5.41) is 2.68. The van der Waals surface area contributed by atoms with Crippen LogP contribution in [0.25, 0.3) is 0 Å². The molecular weight excluding hydrogens is 310 g/mol. The number of carbonyl (C=O) groups excluding carboxylic acids is 2. The van der Waals surface area contributed by atoms with Crippen LogP contribution in [0.2, 0.25) is 0 Å². The summed E-state index contributed by atoms with van der Waals surface area (Å²) in [6.07, 6.45) is 1.54. The molecule has 0 radical (unpaired) electrons. The molecule has 5 nitrogen and oxygen atoms in total. The zero-order chi connectivity index (χ0) is 13.8. The van der Waals surface area contributed by atoms with Crippen LogP contribution in [0.4, 0.5) is 5.69 Å². The van der Waals surface area contributed by atoms with Crippen molar-refractivity contribution in [2.75, 3.05) is 5.32 Å². The fourth-order valence-electron chi connectivity index (χ4n) is 1.46. The molecule has 0 aliphatic heterocycles. The van der Waals surface area contributed by atoms with Crippen molar-refractivity contribution >= 4 is 33.4 Å². The van der Waals surface area contributed by atoms with Crippen LogP contribution in [0, 0.1) is 0 Å². The molecule has 6 heteroatoms. The second kappa shape index (κ2) is 5.62. The summed E-state index contributed by atoms with van der Waals surface area (Å²) < 4.78 is 0.612. The number of hydrogen-bond acceptors (Lipinski definition) is 3. The molecule has 2 amide bonds. The third-order valence-corrected chi connectivity index (χ3v) is 3.04. The molecule has 3 N–H and O–H groups in total. The number of nitrogens with one attached hydrogen (secondary N) is 1. The van der Waals surface area contributed by atoms with Gasteiger partial charge in [-0.15, -0.1) is 0 Å². The lowest BCUT2D eigenvalue weighted by Gasteiger charge is -2.06. The van der Waals surface area contributed by atoms with Gasteiger partial charge in [0.15, 0.2) is 0 Å². The Kier molecular flexibility index (Phi) is 3.91. The number of carbonyl (C=O) groups is 2. The summed E-state index contributed by atoms with van der Waals surface area (Å²) in [6, 6.07) is 9.77. The highest BCUT2D eigenvalue weighted by Crippen LogP contribution is 2.16. The van der Waals surface area contributed by atoms with E-state index in [1.165, 1.54) is 6.20 Å². The first kappa shape index (κ1) is 13.2. The number of nitrogens with two attached hydrogens (primary N) is 1. The monoisotopic (exact) mass is 319 g/mol. The maximum absolute atomic E-state index is 12.0. The molecule has 0 aliphatic carbocycles. The number of rotatable bonds is 3. The highest BCUT2D eigenvalue weighted by molar-refractivity contribution is 9.10. The predicted octanol–water partition coefficient (Wildman–Crippen LogP) is 2.20. The minimum absolute atomic E-state index is 0.293. The first-order valence-electron chi connectivity index (χ1n) is 5.39. The number of halogens is 1. The molecule has 0 spiro atoms. The predicted molar refractivity (Wildman–Crippen MR) is 74.9 cm³/mol. The minimum Gasteiger partial charge on any atom is -0.366 e. The van der Waals surface area contributed by atoms with Gasteiger partial charge in [-0.25, -0.2) is 4.98 Å². The molecule has 2 aromatic rings. The van der Waals surface area contributed by atoms with Crippen molar-refractivity contribution < 1.29 is 9.59 Å². The van der Waals surface area contributed by atoms with Crippen LogP contribution in [0.5, 0.6) is 0 Å². The van der Waals surface area contributed by atoms with Gasteiger partial charge in [0.1, 0.15) is 5.69 Å². The first-order valence-corrected chi connectivity index (χ1v) is 6.19. The van der Waals surface area contributed by atoms with Gasteiger partial charge < -0.3 is 11.1 Å². The largest absolute Gasteiger partial charge is 0.366 e. The van der Waals surface area contributed by atoms with Gasteiger partial charge in [-0.05, 0) is 52.3 Å². The molecule has 0 aliphatic rings. The number of nitrogens with zero attached hydrogens (tertiary/aromatic N) is 1. The molecule has 0 saturated heterocycles. The molecule has 0 saturated carbocycles. The molecule has 96 valence electrons. The Bertz CT molecular complexity index is 626. The summed E-state index contributed by atoms with van der Waals surface area (Å²) in [7, 11) is 0. The van der Waals surface area contributed by atoms with Crippen LogP contribution in [-0.2, 0) is 0 Å². The average Bonchev–Trinajstić information content (AvgIpc) is 2.39. The standard InChI is InChI=1S/C13H10BrN3O2/c14-10-2-1-7-16-11(10)13(19)17-9-5-3-8(4-6-9)12(15)18/h1-7H,(H2,15,18)(H,17,19). The van der Waals surface area contributed by atoms with E-state index in [2.05, 4.69) is 26.2 Å². The van der Waals surface area contributed by atoms with E-state index >= 15 is 0 Å². The molecule has 0 atom stereocenters. The van der Waals surface area contributed by atoms with Crippen molar-refractivity contribution in [1.29, 1.82) is 0 Å². The molecule has 0 unspecified atom stereocenters. The van der Waals surface area contributed by atoms with Gasteiger partial charge in [0.2, 0.25) is 5.91 Å². The second-order valence-electron chi connectivity index (χ2n) is 3.73. The molecule has 1 heterocycles. The number of amides is 2. The van der Waals surface area contributed by atoms with Gasteiger partial charge in [-0.2, -0.15) is 0 Å². The van der Waals surface area contributed by atoms with E-state index < -0.39 is 5.91 Å². The molecular formula is C13H10BrN3O2. The lowest BCUT2D eigenvalue weighted by molar-refractivity contribution is 0.0997. The van der Waals surface area contributed by atoms with Crippen LogP contribution in [0.3, 0.4) is 0 Å². The van der Waals surface area contributed by atoms with Crippen molar-refractivity contribution in [2.45, 2.75) is 0 Å². The van der Waals surface area contributed by atoms with E-state index in [9.17, 15) is 9.59 Å². The zero-order valence-corrected chi connectivity index (χ0v) is 11.3. The van der Waals surface area contributed by atoms with Crippen LogP contribution in [0.1, 0.15) is 20.8 Å². The zero-order valence-electron chi connectivity index (χ0n) is 9.76. The molecule has 0 fully saturated rings. The fraction of sp³-hybridized carbons (Fsp3) is 0. The number of anilines is 1. The van der Waals surface area contributed by atoms with Gasteiger partial charge in [0.25, 0.3) is 5.91 Å². The quantitative estimate of drug-likeness (QED) is 0.909. The number of benzene rings is 1. The number of pyridine rings is 1. The minimum atomic E-state index is -0.509. The Hall–Kier alpha value is -2.21. The lowest BCUT2D eigenvalue weighted by Crippen LogP contribution is -2.15. The summed E-state index contributed by atoms with van der Waals surface area (Å²) in [4.78, 5) is 26.9. The summed E-state index contributed by atoms with van der Waals surface area (Å²) in [5.41, 5.74) is 6.38. The van der Waals surface area contributed by atoms with Crippen molar-refractivity contribution in [3.8, 4) is 0 Å². The van der Waals surface area contributed by atoms with E-state index in [0.29, 0.717) is 21.4 Å². The van der Waals surface area contributed by atoms with E-state index in [1.54, 1.807) is 36.4 Å². The Labute approximate surface area is 118 Å². The molecule has 1 aromatic carbocycles. The summed E-state index contributed by atoms with van der Waals surface area (Å²) >= 11 is 3.26. The van der Waals surface area contributed by atoms with Crippen LogP contribution >= 0.6 is 15.9 Å². The Balaban J connectivity index is 2.15. The summed E-state index contributed by atoms with van der Waals surface area (Å²) in [5.74, 6) is -0.843. The van der Waals surface area contributed by atoms with Gasteiger partial charge in [0.05, 0.1) is 0 Å². The number of primary amides is 1. The van der Waals surface area contributed by atoms with E-state index in [0.717, 1.165) is 0 Å². The Morgan fingerprint density at radius 3 is 2.42 bits per heavy atom. The smallest absolute Gasteiger partial charge is 0.275 e. The Morgan fingerprint density at radius 1 is 1.16 bits per heavy atom. The van der Waals surface area contributed by atoms with Gasteiger partial charge in [-0.1, -0.05) is 0 Å². The molecule has 0 bridgehead atoms. The average molecular weight is 320 g/mol. The lowest BCUT2D eigenvalue weighted by atomic mass is 10.2. The second-order valence-corrected chi connectivity index (χ2v) is 4.58. The summed E-state index contributed by atoms with van der Waals surface area (Å²) in [6.45, 7) is 0.